The third-order valence-electron chi connectivity index (χ3n) is 2.61. The van der Waals surface area contributed by atoms with Crippen molar-refractivity contribution in [1.29, 1.82) is 0 Å². The van der Waals surface area contributed by atoms with Crippen LogP contribution in [-0.4, -0.2) is 30.8 Å². The van der Waals surface area contributed by atoms with Crippen LogP contribution in [0.15, 0.2) is 12.3 Å². The van der Waals surface area contributed by atoms with Crippen LogP contribution in [0.3, 0.4) is 0 Å². The van der Waals surface area contributed by atoms with Gasteiger partial charge in [0.05, 0.1) is 24.6 Å². The number of morpholine rings is 1. The van der Waals surface area contributed by atoms with Crippen LogP contribution in [0.25, 0.3) is 0 Å². The van der Waals surface area contributed by atoms with Crippen molar-refractivity contribution in [3.05, 3.63) is 17.8 Å². The highest BCUT2D eigenvalue weighted by Crippen LogP contribution is 2.20. The number of rotatable bonds is 1. The average molecular weight is 207 g/mol. The molecular weight excluding hydrogens is 190 g/mol. The van der Waals surface area contributed by atoms with Gasteiger partial charge in [0.15, 0.2) is 0 Å². The largest absolute Gasteiger partial charge is 0.397 e. The fraction of sp³-hybridized carbons (Fsp3) is 0.545. The summed E-state index contributed by atoms with van der Waals surface area (Å²) < 4.78 is 5.50. The molecule has 2 heterocycles. The first-order valence-electron chi connectivity index (χ1n) is 5.25. The molecule has 4 nitrogen and oxygen atoms in total. The maximum atomic E-state index is 5.68. The monoisotopic (exact) mass is 207 g/mol. The highest BCUT2D eigenvalue weighted by Gasteiger charge is 2.19. The standard InChI is InChI=1S/C11H17N3O/c1-8-5-10(12)6-13-11(8)14-3-4-15-9(2)7-14/h5-6,9H,3-4,7,12H2,1-2H3/t9-/m0/s1. The lowest BCUT2D eigenvalue weighted by atomic mass is 10.2. The van der Waals surface area contributed by atoms with Crippen LogP contribution in [0.5, 0.6) is 0 Å². The first kappa shape index (κ1) is 10.2. The van der Waals surface area contributed by atoms with Gasteiger partial charge < -0.3 is 15.4 Å². The van der Waals surface area contributed by atoms with E-state index in [2.05, 4.69) is 16.8 Å². The van der Waals surface area contributed by atoms with E-state index in [9.17, 15) is 0 Å². The quantitative estimate of drug-likeness (QED) is 0.751. The molecule has 0 unspecified atom stereocenters. The number of anilines is 2. The third-order valence-corrected chi connectivity index (χ3v) is 2.61. The van der Waals surface area contributed by atoms with Gasteiger partial charge in [0.1, 0.15) is 5.82 Å². The molecule has 1 fully saturated rings. The number of nitrogens with two attached hydrogens (primary N) is 1. The van der Waals surface area contributed by atoms with Crippen LogP contribution in [0.4, 0.5) is 11.5 Å². The molecule has 0 bridgehead atoms. The summed E-state index contributed by atoms with van der Waals surface area (Å²) >= 11 is 0. The van der Waals surface area contributed by atoms with E-state index in [-0.39, 0.29) is 6.10 Å². The second-order valence-electron chi connectivity index (χ2n) is 4.04. The molecule has 0 aliphatic carbocycles. The summed E-state index contributed by atoms with van der Waals surface area (Å²) in [5, 5.41) is 0. The molecule has 2 N–H and O–H groups in total. The van der Waals surface area contributed by atoms with Crippen molar-refractivity contribution in [2.24, 2.45) is 0 Å². The first-order chi connectivity index (χ1) is 7.16. The fourth-order valence-electron chi connectivity index (χ4n) is 1.93. The number of aromatic nitrogens is 1. The molecule has 15 heavy (non-hydrogen) atoms. The minimum absolute atomic E-state index is 0.275. The van der Waals surface area contributed by atoms with Crippen LogP contribution in [0, 0.1) is 6.92 Å². The van der Waals surface area contributed by atoms with Crippen molar-refractivity contribution in [2.45, 2.75) is 20.0 Å². The number of pyridine rings is 1. The summed E-state index contributed by atoms with van der Waals surface area (Å²) in [5.41, 5.74) is 7.53. The van der Waals surface area contributed by atoms with Gasteiger partial charge in [0.2, 0.25) is 0 Å². The Labute approximate surface area is 90.0 Å². The fourth-order valence-corrected chi connectivity index (χ4v) is 1.93. The molecule has 1 aromatic heterocycles. The maximum absolute atomic E-state index is 5.68. The molecule has 1 saturated heterocycles. The van der Waals surface area contributed by atoms with Crippen molar-refractivity contribution in [3.8, 4) is 0 Å². The van der Waals surface area contributed by atoms with E-state index in [0.29, 0.717) is 0 Å². The normalized spacial score (nSPS) is 21.7. The second kappa shape index (κ2) is 4.06. The predicted octanol–water partition coefficient (Wildman–Crippen LogP) is 1.20. The number of nitrogen functional groups attached to an aromatic ring is 1. The molecule has 1 aliphatic rings. The molecule has 1 aliphatic heterocycles. The topological polar surface area (TPSA) is 51.4 Å². The van der Waals surface area contributed by atoms with Gasteiger partial charge in [-0.2, -0.15) is 0 Å². The summed E-state index contributed by atoms with van der Waals surface area (Å²) in [5.74, 6) is 1.03. The van der Waals surface area contributed by atoms with E-state index in [4.69, 9.17) is 10.5 Å². The van der Waals surface area contributed by atoms with Crippen LogP contribution >= 0.6 is 0 Å². The Kier molecular flexibility index (Phi) is 2.77. The van der Waals surface area contributed by atoms with Gasteiger partial charge in [-0.15, -0.1) is 0 Å². The predicted molar refractivity (Wildman–Crippen MR) is 61.0 cm³/mol. The molecule has 0 spiro atoms. The zero-order chi connectivity index (χ0) is 10.8. The van der Waals surface area contributed by atoms with Gasteiger partial charge in [-0.3, -0.25) is 0 Å². The van der Waals surface area contributed by atoms with Crippen LogP contribution in [-0.2, 0) is 4.74 Å². The smallest absolute Gasteiger partial charge is 0.131 e. The van der Waals surface area contributed by atoms with Crippen LogP contribution in [0.2, 0.25) is 0 Å². The lowest BCUT2D eigenvalue weighted by molar-refractivity contribution is 0.0529. The Bertz CT molecular complexity index is 354. The average Bonchev–Trinajstić information content (AvgIpc) is 2.17. The maximum Gasteiger partial charge on any atom is 0.131 e. The van der Waals surface area contributed by atoms with Gasteiger partial charge >= 0.3 is 0 Å². The van der Waals surface area contributed by atoms with Gasteiger partial charge in [-0.1, -0.05) is 0 Å². The number of hydrogen-bond donors (Lipinski definition) is 1. The van der Waals surface area contributed by atoms with Crippen LogP contribution < -0.4 is 10.6 Å². The van der Waals surface area contributed by atoms with E-state index in [1.807, 2.05) is 13.0 Å². The molecular formula is C11H17N3O. The van der Waals surface area contributed by atoms with E-state index in [0.717, 1.165) is 36.8 Å². The van der Waals surface area contributed by atoms with Gasteiger partial charge in [-0.05, 0) is 25.5 Å². The zero-order valence-electron chi connectivity index (χ0n) is 9.23. The molecule has 0 radical (unpaired) electrons. The summed E-state index contributed by atoms with van der Waals surface area (Å²) in [6.45, 7) is 6.70. The summed E-state index contributed by atoms with van der Waals surface area (Å²) in [6, 6.07) is 1.96. The van der Waals surface area contributed by atoms with Crippen molar-refractivity contribution in [1.82, 2.24) is 4.98 Å². The summed E-state index contributed by atoms with van der Waals surface area (Å²) in [7, 11) is 0. The Balaban J connectivity index is 2.21. The minimum Gasteiger partial charge on any atom is -0.397 e. The molecule has 4 heteroatoms. The third kappa shape index (κ3) is 2.21. The molecule has 0 amide bonds. The molecule has 0 aromatic carbocycles. The second-order valence-corrected chi connectivity index (χ2v) is 4.04. The molecule has 1 atom stereocenters. The number of nitrogens with zero attached hydrogens (tertiary/aromatic N) is 2. The number of hydrogen-bond acceptors (Lipinski definition) is 4. The van der Waals surface area contributed by atoms with E-state index < -0.39 is 0 Å². The van der Waals surface area contributed by atoms with Gasteiger partial charge in [-0.25, -0.2) is 4.98 Å². The summed E-state index contributed by atoms with van der Waals surface area (Å²) in [6.07, 6.45) is 1.99. The van der Waals surface area contributed by atoms with E-state index >= 15 is 0 Å². The molecule has 82 valence electrons. The Morgan fingerprint density at radius 3 is 3.07 bits per heavy atom. The molecule has 1 aromatic rings. The lowest BCUT2D eigenvalue weighted by Gasteiger charge is -2.32. The highest BCUT2D eigenvalue weighted by atomic mass is 16.5. The van der Waals surface area contributed by atoms with Crippen molar-refractivity contribution >= 4 is 11.5 Å². The van der Waals surface area contributed by atoms with Crippen molar-refractivity contribution in [3.63, 3.8) is 0 Å². The molecule has 0 saturated carbocycles. The SMILES string of the molecule is Cc1cc(N)cnc1N1CCO[C@@H](C)C1. The first-order valence-corrected chi connectivity index (χ1v) is 5.25. The Morgan fingerprint density at radius 1 is 1.60 bits per heavy atom. The lowest BCUT2D eigenvalue weighted by Crippen LogP contribution is -2.41. The van der Waals surface area contributed by atoms with E-state index in [1.54, 1.807) is 6.20 Å². The van der Waals surface area contributed by atoms with Crippen molar-refractivity contribution in [2.75, 3.05) is 30.3 Å². The van der Waals surface area contributed by atoms with Crippen molar-refractivity contribution < 1.29 is 4.74 Å². The van der Waals surface area contributed by atoms with Crippen LogP contribution in [0.1, 0.15) is 12.5 Å². The Hall–Kier alpha value is -1.29. The van der Waals surface area contributed by atoms with Gasteiger partial charge in [0.25, 0.3) is 0 Å². The summed E-state index contributed by atoms with van der Waals surface area (Å²) in [4.78, 5) is 6.63. The van der Waals surface area contributed by atoms with Gasteiger partial charge in [0, 0.05) is 13.1 Å². The molecule has 2 rings (SSSR count). The number of aryl methyl sites for hydroxylation is 1. The van der Waals surface area contributed by atoms with E-state index in [1.165, 1.54) is 0 Å². The number of ether oxygens (including phenoxy) is 1. The Morgan fingerprint density at radius 2 is 2.40 bits per heavy atom. The minimum atomic E-state index is 0.275. The highest BCUT2D eigenvalue weighted by molar-refractivity contribution is 5.52. The zero-order valence-corrected chi connectivity index (χ0v) is 9.23.